The van der Waals surface area contributed by atoms with Crippen LogP contribution in [-0.2, 0) is 12.8 Å². The fourth-order valence-corrected chi connectivity index (χ4v) is 4.31. The Labute approximate surface area is 130 Å². The summed E-state index contributed by atoms with van der Waals surface area (Å²) in [7, 11) is 0. The first-order valence-electron chi connectivity index (χ1n) is 7.90. The summed E-state index contributed by atoms with van der Waals surface area (Å²) in [5, 5.41) is 0. The van der Waals surface area contributed by atoms with Crippen LogP contribution in [0.1, 0.15) is 37.3 Å². The Kier molecular flexibility index (Phi) is 4.49. The van der Waals surface area contributed by atoms with E-state index in [1.165, 1.54) is 48.7 Å². The summed E-state index contributed by atoms with van der Waals surface area (Å²) in [4.78, 5) is 2.74. The summed E-state index contributed by atoms with van der Waals surface area (Å²) >= 11 is 3.58. The Bertz CT molecular complexity index is 474. The van der Waals surface area contributed by atoms with Gasteiger partial charge in [-0.2, -0.15) is 0 Å². The number of hydrogen-bond acceptors (Lipinski definition) is 2. The normalized spacial score (nSPS) is 31.1. The second-order valence-corrected chi connectivity index (χ2v) is 7.45. The molecule has 2 N–H and O–H groups in total. The largest absolute Gasteiger partial charge is 0.330 e. The first-order valence-corrected chi connectivity index (χ1v) is 8.69. The van der Waals surface area contributed by atoms with Crippen LogP contribution in [0.4, 0.5) is 0 Å². The van der Waals surface area contributed by atoms with Crippen molar-refractivity contribution in [3.05, 3.63) is 33.8 Å². The Morgan fingerprint density at radius 2 is 2.10 bits per heavy atom. The van der Waals surface area contributed by atoms with Crippen molar-refractivity contribution in [1.82, 2.24) is 4.90 Å². The van der Waals surface area contributed by atoms with Gasteiger partial charge in [-0.25, -0.2) is 0 Å². The number of aryl methyl sites for hydroxylation is 1. The zero-order valence-electron chi connectivity index (χ0n) is 12.3. The number of nitrogens with two attached hydrogens (primary N) is 1. The number of hydrogen-bond donors (Lipinski definition) is 1. The third-order valence-corrected chi connectivity index (χ3v) is 5.69. The van der Waals surface area contributed by atoms with Gasteiger partial charge in [-0.05, 0) is 74.8 Å². The molecule has 1 heterocycles. The van der Waals surface area contributed by atoms with Gasteiger partial charge < -0.3 is 5.73 Å². The van der Waals surface area contributed by atoms with Gasteiger partial charge >= 0.3 is 0 Å². The van der Waals surface area contributed by atoms with Crippen molar-refractivity contribution in [2.45, 2.75) is 51.1 Å². The molecule has 20 heavy (non-hydrogen) atoms. The molecule has 0 spiro atoms. The molecular weight excluding hydrogens is 312 g/mol. The van der Waals surface area contributed by atoms with Gasteiger partial charge in [0.05, 0.1) is 0 Å². The molecule has 3 unspecified atom stereocenters. The summed E-state index contributed by atoms with van der Waals surface area (Å²) in [6.07, 6.45) is 6.35. The molecular formula is C17H25BrN2. The topological polar surface area (TPSA) is 29.3 Å². The van der Waals surface area contributed by atoms with Gasteiger partial charge in [0, 0.05) is 23.1 Å². The average Bonchev–Trinajstić information content (AvgIpc) is 2.47. The molecule has 1 aliphatic carbocycles. The number of piperidine rings is 1. The smallest absolute Gasteiger partial charge is 0.0178 e. The van der Waals surface area contributed by atoms with Crippen LogP contribution >= 0.6 is 15.9 Å². The van der Waals surface area contributed by atoms with Gasteiger partial charge in [0.25, 0.3) is 0 Å². The van der Waals surface area contributed by atoms with E-state index in [9.17, 15) is 0 Å². The van der Waals surface area contributed by atoms with E-state index in [4.69, 9.17) is 5.73 Å². The lowest BCUT2D eigenvalue weighted by atomic mass is 9.84. The standard InChI is InChI=1S/C17H25BrN2/c1-12-2-3-13(10-19)11-20(12)17-7-5-14-8-16(18)6-4-15(14)9-17/h4,6,8,12-13,17H,2-3,5,7,9-11,19H2,1H3. The molecule has 3 heteroatoms. The molecule has 110 valence electrons. The number of benzene rings is 1. The molecule has 1 saturated heterocycles. The number of nitrogens with zero attached hydrogens (tertiary/aromatic N) is 1. The zero-order chi connectivity index (χ0) is 14.1. The summed E-state index contributed by atoms with van der Waals surface area (Å²) in [5.74, 6) is 0.706. The van der Waals surface area contributed by atoms with Crippen molar-refractivity contribution in [1.29, 1.82) is 0 Å². The van der Waals surface area contributed by atoms with Gasteiger partial charge in [-0.3, -0.25) is 4.90 Å². The Morgan fingerprint density at radius 3 is 2.90 bits per heavy atom. The lowest BCUT2D eigenvalue weighted by molar-refractivity contribution is 0.0668. The molecule has 0 amide bonds. The maximum atomic E-state index is 5.90. The molecule has 2 nitrogen and oxygen atoms in total. The Morgan fingerprint density at radius 1 is 1.25 bits per heavy atom. The van der Waals surface area contributed by atoms with Crippen molar-refractivity contribution in [3.8, 4) is 0 Å². The monoisotopic (exact) mass is 336 g/mol. The predicted octanol–water partition coefficient (Wildman–Crippen LogP) is 3.37. The molecule has 3 rings (SSSR count). The highest BCUT2D eigenvalue weighted by molar-refractivity contribution is 9.10. The molecule has 1 aromatic rings. The van der Waals surface area contributed by atoms with Crippen molar-refractivity contribution in [2.24, 2.45) is 11.7 Å². The number of halogens is 1. The molecule has 0 aromatic heterocycles. The highest BCUT2D eigenvalue weighted by Crippen LogP contribution is 2.31. The second kappa shape index (κ2) is 6.17. The Hall–Kier alpha value is -0.380. The van der Waals surface area contributed by atoms with Crippen molar-refractivity contribution >= 4 is 15.9 Å². The molecule has 1 aliphatic heterocycles. The minimum Gasteiger partial charge on any atom is -0.330 e. The Balaban J connectivity index is 1.74. The quantitative estimate of drug-likeness (QED) is 0.897. The van der Waals surface area contributed by atoms with Crippen LogP contribution in [0.25, 0.3) is 0 Å². The lowest BCUT2D eigenvalue weighted by Crippen LogP contribution is -2.50. The van der Waals surface area contributed by atoms with Crippen LogP contribution in [0.15, 0.2) is 22.7 Å². The van der Waals surface area contributed by atoms with Gasteiger partial charge in [-0.15, -0.1) is 0 Å². The highest BCUT2D eigenvalue weighted by atomic mass is 79.9. The van der Waals surface area contributed by atoms with E-state index in [0.29, 0.717) is 12.0 Å². The van der Waals surface area contributed by atoms with E-state index in [1.54, 1.807) is 5.56 Å². The van der Waals surface area contributed by atoms with Crippen molar-refractivity contribution in [2.75, 3.05) is 13.1 Å². The third-order valence-electron chi connectivity index (χ3n) is 5.20. The van der Waals surface area contributed by atoms with Gasteiger partial charge in [0.1, 0.15) is 0 Å². The van der Waals surface area contributed by atoms with E-state index in [-0.39, 0.29) is 0 Å². The lowest BCUT2D eigenvalue weighted by Gasteiger charge is -2.44. The molecule has 2 aliphatic rings. The van der Waals surface area contributed by atoms with Crippen molar-refractivity contribution in [3.63, 3.8) is 0 Å². The maximum absolute atomic E-state index is 5.90. The SMILES string of the molecule is CC1CCC(CN)CN1C1CCc2cc(Br)ccc2C1. The number of likely N-dealkylation sites (tertiary alicyclic amines) is 1. The summed E-state index contributed by atoms with van der Waals surface area (Å²) < 4.78 is 1.21. The first-order chi connectivity index (χ1) is 9.67. The number of rotatable bonds is 2. The first kappa shape index (κ1) is 14.6. The highest BCUT2D eigenvalue weighted by Gasteiger charge is 2.32. The predicted molar refractivity (Wildman–Crippen MR) is 87.9 cm³/mol. The van der Waals surface area contributed by atoms with E-state index < -0.39 is 0 Å². The summed E-state index contributed by atoms with van der Waals surface area (Å²) in [5.41, 5.74) is 8.99. The van der Waals surface area contributed by atoms with E-state index in [0.717, 1.165) is 12.6 Å². The molecule has 1 fully saturated rings. The van der Waals surface area contributed by atoms with Crippen LogP contribution in [0, 0.1) is 5.92 Å². The van der Waals surface area contributed by atoms with Gasteiger partial charge in [-0.1, -0.05) is 22.0 Å². The summed E-state index contributed by atoms with van der Waals surface area (Å²) in [6, 6.07) is 8.23. The molecule has 1 aromatic carbocycles. The van der Waals surface area contributed by atoms with Gasteiger partial charge in [0.15, 0.2) is 0 Å². The average molecular weight is 337 g/mol. The molecule has 0 bridgehead atoms. The summed E-state index contributed by atoms with van der Waals surface area (Å²) in [6.45, 7) is 4.44. The van der Waals surface area contributed by atoms with Crippen molar-refractivity contribution < 1.29 is 0 Å². The third kappa shape index (κ3) is 2.95. The molecule has 0 saturated carbocycles. The zero-order valence-corrected chi connectivity index (χ0v) is 13.9. The van der Waals surface area contributed by atoms with E-state index >= 15 is 0 Å². The molecule has 3 atom stereocenters. The van der Waals surface area contributed by atoms with Gasteiger partial charge in [0.2, 0.25) is 0 Å². The minimum atomic E-state index is 0.706. The fraction of sp³-hybridized carbons (Fsp3) is 0.647. The van der Waals surface area contributed by atoms with Crippen LogP contribution < -0.4 is 5.73 Å². The van der Waals surface area contributed by atoms with Crippen LogP contribution in [0.3, 0.4) is 0 Å². The maximum Gasteiger partial charge on any atom is 0.0178 e. The van der Waals surface area contributed by atoms with Crippen LogP contribution in [-0.4, -0.2) is 30.1 Å². The minimum absolute atomic E-state index is 0.706. The van der Waals surface area contributed by atoms with E-state index in [1.807, 2.05) is 0 Å². The number of fused-ring (bicyclic) bond motifs is 1. The second-order valence-electron chi connectivity index (χ2n) is 6.53. The van der Waals surface area contributed by atoms with Crippen LogP contribution in [0.2, 0.25) is 0 Å². The van der Waals surface area contributed by atoms with E-state index in [2.05, 4.69) is 46.0 Å². The molecule has 0 radical (unpaired) electrons. The van der Waals surface area contributed by atoms with Crippen LogP contribution in [0.5, 0.6) is 0 Å². The fourth-order valence-electron chi connectivity index (χ4n) is 3.90.